The average Bonchev–Trinajstić information content (AvgIpc) is 3.10. The maximum atomic E-state index is 13.2. The van der Waals surface area contributed by atoms with Gasteiger partial charge in [-0.2, -0.15) is 13.2 Å². The molecule has 3 aliphatic rings. The van der Waals surface area contributed by atoms with Crippen molar-refractivity contribution >= 4 is 5.91 Å². The Kier molecular flexibility index (Phi) is 8.65. The van der Waals surface area contributed by atoms with Gasteiger partial charge in [0.1, 0.15) is 0 Å². The summed E-state index contributed by atoms with van der Waals surface area (Å²) >= 11 is 0. The number of aromatic nitrogens is 2. The number of fused-ring (bicyclic) bond motifs is 1. The van der Waals surface area contributed by atoms with E-state index in [1.807, 2.05) is 12.1 Å². The molecule has 0 radical (unpaired) electrons. The number of ether oxygens (including phenoxy) is 2. The molecular formula is C27H34F3N5O4. The zero-order valence-electron chi connectivity index (χ0n) is 21.7. The zero-order chi connectivity index (χ0) is 27.4. The standard InChI is InChI=1S/C27H34F3N5O4/c28-27(29,30)20-11-22-14-33(7-8-35(22)26(37)12-20)17-25(36)32-23-15-34(21-4-2-9-38-10-5-21)16-24(23)39-18-19-3-1-6-31-13-19/h1,3,6,11-13,21,23-24H,2,4-5,7-10,14-18H2,(H,32,36)/t21?,23?,24-/m0/s1. The third kappa shape index (κ3) is 7.05. The van der Waals surface area contributed by atoms with Gasteiger partial charge in [0.2, 0.25) is 5.91 Å². The molecule has 0 bridgehead atoms. The van der Waals surface area contributed by atoms with Crippen molar-refractivity contribution in [2.24, 2.45) is 0 Å². The van der Waals surface area contributed by atoms with Crippen molar-refractivity contribution < 1.29 is 27.4 Å². The van der Waals surface area contributed by atoms with Gasteiger partial charge in [-0.05, 0) is 37.0 Å². The number of carbonyl (C=O) groups excluding carboxylic acids is 1. The van der Waals surface area contributed by atoms with Gasteiger partial charge in [0.05, 0.1) is 30.9 Å². The molecule has 9 nitrogen and oxygen atoms in total. The van der Waals surface area contributed by atoms with Crippen molar-refractivity contribution in [1.82, 2.24) is 24.7 Å². The van der Waals surface area contributed by atoms with E-state index in [9.17, 15) is 22.8 Å². The van der Waals surface area contributed by atoms with E-state index >= 15 is 0 Å². The topological polar surface area (TPSA) is 88.9 Å². The summed E-state index contributed by atoms with van der Waals surface area (Å²) in [4.78, 5) is 33.6. The van der Waals surface area contributed by atoms with Gasteiger partial charge in [-0.25, -0.2) is 0 Å². The van der Waals surface area contributed by atoms with Crippen LogP contribution in [0.15, 0.2) is 41.5 Å². The number of nitrogens with one attached hydrogen (secondary N) is 1. The highest BCUT2D eigenvalue weighted by Crippen LogP contribution is 2.29. The molecular weight excluding hydrogens is 515 g/mol. The van der Waals surface area contributed by atoms with E-state index in [-0.39, 0.29) is 43.4 Å². The van der Waals surface area contributed by atoms with Crippen LogP contribution in [0, 0.1) is 0 Å². The summed E-state index contributed by atoms with van der Waals surface area (Å²) in [5, 5.41) is 3.13. The lowest BCUT2D eigenvalue weighted by Crippen LogP contribution is -2.49. The molecule has 2 unspecified atom stereocenters. The molecule has 0 aromatic carbocycles. The molecule has 0 aliphatic carbocycles. The van der Waals surface area contributed by atoms with Crippen LogP contribution in [-0.4, -0.2) is 82.8 Å². The highest BCUT2D eigenvalue weighted by atomic mass is 19.4. The van der Waals surface area contributed by atoms with E-state index < -0.39 is 17.3 Å². The van der Waals surface area contributed by atoms with E-state index in [1.165, 1.54) is 4.57 Å². The Labute approximate surface area is 224 Å². The number of hydrogen-bond acceptors (Lipinski definition) is 7. The van der Waals surface area contributed by atoms with E-state index in [2.05, 4.69) is 15.2 Å². The third-order valence-corrected chi connectivity index (χ3v) is 7.70. The summed E-state index contributed by atoms with van der Waals surface area (Å²) in [5.41, 5.74) is -0.431. The normalized spacial score (nSPS) is 24.7. The number of alkyl halides is 3. The van der Waals surface area contributed by atoms with Crippen molar-refractivity contribution in [2.75, 3.05) is 39.4 Å². The Bertz CT molecular complexity index is 1180. The SMILES string of the molecule is O=C(CN1CCn2c(cc(C(F)(F)F)cc2=O)C1)NC1CN(C2CCCOCC2)C[C@@H]1OCc1cccnc1. The fourth-order valence-electron chi connectivity index (χ4n) is 5.69. The van der Waals surface area contributed by atoms with Crippen LogP contribution in [0.25, 0.3) is 0 Å². The highest BCUT2D eigenvalue weighted by molar-refractivity contribution is 5.78. The second kappa shape index (κ2) is 12.2. The fraction of sp³-hybridized carbons (Fsp3) is 0.593. The van der Waals surface area contributed by atoms with Crippen molar-refractivity contribution in [1.29, 1.82) is 0 Å². The van der Waals surface area contributed by atoms with E-state index in [0.29, 0.717) is 38.3 Å². The third-order valence-electron chi connectivity index (χ3n) is 7.70. The molecule has 3 aliphatic heterocycles. The Morgan fingerprint density at radius 3 is 2.85 bits per heavy atom. The summed E-state index contributed by atoms with van der Waals surface area (Å²) in [5.74, 6) is -0.219. The largest absolute Gasteiger partial charge is 0.416 e. The number of carbonyl (C=O) groups is 1. The second-order valence-corrected chi connectivity index (χ2v) is 10.5. The number of rotatable bonds is 7. The zero-order valence-corrected chi connectivity index (χ0v) is 21.7. The molecule has 39 heavy (non-hydrogen) atoms. The van der Waals surface area contributed by atoms with Gasteiger partial charge in [0, 0.05) is 76.1 Å². The quantitative estimate of drug-likeness (QED) is 0.566. The van der Waals surface area contributed by atoms with Crippen LogP contribution >= 0.6 is 0 Å². The molecule has 12 heteroatoms. The van der Waals surface area contributed by atoms with Crippen LogP contribution in [0.5, 0.6) is 0 Å². The first-order chi connectivity index (χ1) is 18.8. The molecule has 0 saturated carbocycles. The Morgan fingerprint density at radius 2 is 2.05 bits per heavy atom. The van der Waals surface area contributed by atoms with Crippen LogP contribution in [0.3, 0.4) is 0 Å². The van der Waals surface area contributed by atoms with Gasteiger partial charge in [-0.15, -0.1) is 0 Å². The minimum Gasteiger partial charge on any atom is -0.381 e. The van der Waals surface area contributed by atoms with Crippen LogP contribution in [0.1, 0.15) is 36.1 Å². The summed E-state index contributed by atoms with van der Waals surface area (Å²) in [6.07, 6.45) is 1.61. The molecule has 2 aromatic heterocycles. The lowest BCUT2D eigenvalue weighted by molar-refractivity contribution is -0.138. The summed E-state index contributed by atoms with van der Waals surface area (Å²) in [6, 6.07) is 5.56. The van der Waals surface area contributed by atoms with Crippen LogP contribution in [0.2, 0.25) is 0 Å². The first-order valence-corrected chi connectivity index (χ1v) is 13.4. The minimum absolute atomic E-state index is 0.0214. The number of amides is 1. The average molecular weight is 550 g/mol. The first-order valence-electron chi connectivity index (χ1n) is 13.4. The first kappa shape index (κ1) is 27.8. The van der Waals surface area contributed by atoms with Crippen molar-refractivity contribution in [2.45, 2.75) is 63.3 Å². The van der Waals surface area contributed by atoms with E-state index in [4.69, 9.17) is 9.47 Å². The Morgan fingerprint density at radius 1 is 1.18 bits per heavy atom. The molecule has 5 heterocycles. The summed E-state index contributed by atoms with van der Waals surface area (Å²) in [6.45, 7) is 3.95. The molecule has 1 amide bonds. The van der Waals surface area contributed by atoms with Crippen LogP contribution in [-0.2, 0) is 40.1 Å². The smallest absolute Gasteiger partial charge is 0.381 e. The summed E-state index contributed by atoms with van der Waals surface area (Å²) in [7, 11) is 0. The van der Waals surface area contributed by atoms with Crippen LogP contribution < -0.4 is 10.9 Å². The molecule has 3 atom stereocenters. The van der Waals surface area contributed by atoms with Crippen molar-refractivity contribution in [3.63, 3.8) is 0 Å². The highest BCUT2D eigenvalue weighted by Gasteiger charge is 2.38. The number of halogens is 3. The molecule has 212 valence electrons. The summed E-state index contributed by atoms with van der Waals surface area (Å²) < 4.78 is 52.9. The molecule has 2 saturated heterocycles. The maximum absolute atomic E-state index is 13.2. The van der Waals surface area contributed by atoms with Crippen LogP contribution in [0.4, 0.5) is 13.2 Å². The van der Waals surface area contributed by atoms with E-state index in [0.717, 1.165) is 44.1 Å². The van der Waals surface area contributed by atoms with Gasteiger partial charge >= 0.3 is 6.18 Å². The van der Waals surface area contributed by atoms with Gasteiger partial charge in [-0.1, -0.05) is 6.07 Å². The number of nitrogens with zero attached hydrogens (tertiary/aromatic N) is 4. The predicted octanol–water partition coefficient (Wildman–Crippen LogP) is 2.03. The van der Waals surface area contributed by atoms with Gasteiger partial charge in [0.25, 0.3) is 5.56 Å². The van der Waals surface area contributed by atoms with Gasteiger partial charge in [0.15, 0.2) is 0 Å². The predicted molar refractivity (Wildman–Crippen MR) is 136 cm³/mol. The van der Waals surface area contributed by atoms with Gasteiger partial charge in [-0.3, -0.25) is 24.4 Å². The molecule has 0 spiro atoms. The van der Waals surface area contributed by atoms with E-state index in [1.54, 1.807) is 17.3 Å². The van der Waals surface area contributed by atoms with Gasteiger partial charge < -0.3 is 19.4 Å². The molecule has 5 rings (SSSR count). The fourth-order valence-corrected chi connectivity index (χ4v) is 5.69. The Balaban J connectivity index is 1.22. The van der Waals surface area contributed by atoms with Crippen molar-refractivity contribution in [3.05, 3.63) is 63.8 Å². The molecule has 1 N–H and O–H groups in total. The number of pyridine rings is 2. The second-order valence-electron chi connectivity index (χ2n) is 10.5. The lowest BCUT2D eigenvalue weighted by atomic mass is 10.1. The minimum atomic E-state index is -4.60. The van der Waals surface area contributed by atoms with Crippen molar-refractivity contribution in [3.8, 4) is 0 Å². The number of likely N-dealkylation sites (tertiary alicyclic amines) is 1. The maximum Gasteiger partial charge on any atom is 0.416 e. The molecule has 2 fully saturated rings. The lowest BCUT2D eigenvalue weighted by Gasteiger charge is -2.30. The molecule has 2 aromatic rings. The number of hydrogen-bond donors (Lipinski definition) is 1. The monoisotopic (exact) mass is 549 g/mol. The Hall–Kier alpha value is -2.80.